The van der Waals surface area contributed by atoms with Gasteiger partial charge in [0.05, 0.1) is 6.61 Å². The van der Waals surface area contributed by atoms with E-state index in [1.165, 1.54) is 0 Å². The fraction of sp³-hybridized carbons (Fsp3) is 0.278. The summed E-state index contributed by atoms with van der Waals surface area (Å²) in [6.45, 7) is 4.60. The minimum Gasteiger partial charge on any atom is -0.494 e. The molecule has 0 spiro atoms. The molecule has 0 heterocycles. The first-order chi connectivity index (χ1) is 11.1. The molecule has 122 valence electrons. The summed E-state index contributed by atoms with van der Waals surface area (Å²) in [7, 11) is 0. The summed E-state index contributed by atoms with van der Waals surface area (Å²) >= 11 is 5.90. The third-order valence-corrected chi connectivity index (χ3v) is 3.44. The van der Waals surface area contributed by atoms with Gasteiger partial charge in [0, 0.05) is 17.1 Å². The number of benzene rings is 2. The van der Waals surface area contributed by atoms with Crippen LogP contribution in [0.2, 0.25) is 5.02 Å². The number of carbonyl (C=O) groups is 1. The van der Waals surface area contributed by atoms with Crippen molar-refractivity contribution in [1.82, 2.24) is 5.32 Å². The van der Waals surface area contributed by atoms with Gasteiger partial charge in [0.25, 0.3) is 5.91 Å². The van der Waals surface area contributed by atoms with Crippen LogP contribution in [-0.4, -0.2) is 18.6 Å². The molecule has 0 bridgehead atoms. The number of amides is 1. The Morgan fingerprint density at radius 1 is 1.22 bits per heavy atom. The number of hydrogen-bond donors (Lipinski definition) is 1. The van der Waals surface area contributed by atoms with E-state index in [1.54, 1.807) is 31.2 Å². The lowest BCUT2D eigenvalue weighted by atomic mass is 10.2. The van der Waals surface area contributed by atoms with E-state index in [1.807, 2.05) is 31.2 Å². The summed E-state index contributed by atoms with van der Waals surface area (Å²) in [5.41, 5.74) is 0.928. The predicted molar refractivity (Wildman–Crippen MR) is 91.0 cm³/mol. The lowest BCUT2D eigenvalue weighted by Crippen LogP contribution is -2.36. The van der Waals surface area contributed by atoms with Crippen molar-refractivity contribution in [3.8, 4) is 11.5 Å². The first kappa shape index (κ1) is 17.2. The van der Waals surface area contributed by atoms with E-state index in [2.05, 4.69) is 5.32 Å². The molecule has 0 saturated carbocycles. The summed E-state index contributed by atoms with van der Waals surface area (Å²) in [4.78, 5) is 12.2. The Morgan fingerprint density at radius 3 is 2.74 bits per heavy atom. The quantitative estimate of drug-likeness (QED) is 0.837. The normalized spacial score (nSPS) is 11.6. The van der Waals surface area contributed by atoms with E-state index in [9.17, 15) is 4.79 Å². The Bertz CT molecular complexity index is 660. The van der Waals surface area contributed by atoms with Gasteiger partial charge in [0.1, 0.15) is 11.5 Å². The third kappa shape index (κ3) is 5.18. The molecule has 1 atom stereocenters. The highest BCUT2D eigenvalue weighted by Gasteiger charge is 2.15. The van der Waals surface area contributed by atoms with Crippen LogP contribution in [0, 0.1) is 0 Å². The maximum atomic E-state index is 12.2. The number of hydrogen-bond acceptors (Lipinski definition) is 3. The van der Waals surface area contributed by atoms with E-state index in [0.717, 1.165) is 11.3 Å². The van der Waals surface area contributed by atoms with Crippen LogP contribution in [0.1, 0.15) is 19.4 Å². The molecule has 2 aromatic carbocycles. The molecule has 4 nitrogen and oxygen atoms in total. The standard InChI is InChI=1S/C18H20ClNO3/c1-3-22-17-10-5-4-7-14(17)12-20-18(21)13(2)23-16-9-6-8-15(19)11-16/h4-11,13H,3,12H2,1-2H3,(H,20,21)/t13-/m1/s1. The van der Waals surface area contributed by atoms with Crippen molar-refractivity contribution in [1.29, 1.82) is 0 Å². The van der Waals surface area contributed by atoms with Gasteiger partial charge >= 0.3 is 0 Å². The number of carbonyl (C=O) groups excluding carboxylic acids is 1. The van der Waals surface area contributed by atoms with E-state index in [4.69, 9.17) is 21.1 Å². The van der Waals surface area contributed by atoms with Gasteiger partial charge in [-0.2, -0.15) is 0 Å². The number of ether oxygens (including phenoxy) is 2. The van der Waals surface area contributed by atoms with Crippen molar-refractivity contribution < 1.29 is 14.3 Å². The molecule has 5 heteroatoms. The molecule has 2 aromatic rings. The number of para-hydroxylation sites is 1. The van der Waals surface area contributed by atoms with Crippen LogP contribution >= 0.6 is 11.6 Å². The number of rotatable bonds is 7. The van der Waals surface area contributed by atoms with Crippen LogP contribution in [0.3, 0.4) is 0 Å². The molecule has 1 amide bonds. The second-order valence-corrected chi connectivity index (χ2v) is 5.41. The Hall–Kier alpha value is -2.20. The van der Waals surface area contributed by atoms with Crippen LogP contribution < -0.4 is 14.8 Å². The number of halogens is 1. The molecule has 0 aromatic heterocycles. The van der Waals surface area contributed by atoms with Gasteiger partial charge in [-0.3, -0.25) is 4.79 Å². The topological polar surface area (TPSA) is 47.6 Å². The zero-order valence-electron chi connectivity index (χ0n) is 13.2. The number of nitrogens with one attached hydrogen (secondary N) is 1. The fourth-order valence-electron chi connectivity index (χ4n) is 2.07. The largest absolute Gasteiger partial charge is 0.494 e. The zero-order chi connectivity index (χ0) is 16.7. The summed E-state index contributed by atoms with van der Waals surface area (Å²) in [5.74, 6) is 1.14. The average molecular weight is 334 g/mol. The molecule has 0 fully saturated rings. The van der Waals surface area contributed by atoms with Crippen molar-refractivity contribution >= 4 is 17.5 Å². The molecule has 0 aliphatic rings. The van der Waals surface area contributed by atoms with Gasteiger partial charge in [-0.1, -0.05) is 35.9 Å². The highest BCUT2D eigenvalue weighted by molar-refractivity contribution is 6.30. The summed E-state index contributed by atoms with van der Waals surface area (Å²) in [6.07, 6.45) is -0.618. The molecule has 23 heavy (non-hydrogen) atoms. The first-order valence-electron chi connectivity index (χ1n) is 7.50. The highest BCUT2D eigenvalue weighted by Crippen LogP contribution is 2.19. The Labute approximate surface area is 141 Å². The maximum absolute atomic E-state index is 12.2. The van der Waals surface area contributed by atoms with Gasteiger partial charge in [0.15, 0.2) is 6.10 Å². The molecular weight excluding hydrogens is 314 g/mol. The van der Waals surface area contributed by atoms with Gasteiger partial charge in [-0.05, 0) is 38.1 Å². The first-order valence-corrected chi connectivity index (χ1v) is 7.88. The SMILES string of the molecule is CCOc1ccccc1CNC(=O)[C@@H](C)Oc1cccc(Cl)c1. The Kier molecular flexibility index (Phi) is 6.29. The molecule has 0 aliphatic carbocycles. The highest BCUT2D eigenvalue weighted by atomic mass is 35.5. The Morgan fingerprint density at radius 2 is 2.00 bits per heavy atom. The zero-order valence-corrected chi connectivity index (χ0v) is 14.0. The van der Waals surface area contributed by atoms with Crippen LogP contribution in [-0.2, 0) is 11.3 Å². The van der Waals surface area contributed by atoms with Gasteiger partial charge in [-0.25, -0.2) is 0 Å². The fourth-order valence-corrected chi connectivity index (χ4v) is 2.25. The van der Waals surface area contributed by atoms with E-state index < -0.39 is 6.10 Å². The second kappa shape index (κ2) is 8.44. The summed E-state index contributed by atoms with van der Waals surface area (Å²) in [6, 6.07) is 14.6. The summed E-state index contributed by atoms with van der Waals surface area (Å²) in [5, 5.41) is 3.43. The van der Waals surface area contributed by atoms with Crippen molar-refractivity contribution in [2.24, 2.45) is 0 Å². The van der Waals surface area contributed by atoms with Crippen LogP contribution in [0.15, 0.2) is 48.5 Å². The Balaban J connectivity index is 1.91. The molecule has 0 radical (unpaired) electrons. The van der Waals surface area contributed by atoms with Crippen molar-refractivity contribution in [2.45, 2.75) is 26.5 Å². The predicted octanol–water partition coefficient (Wildman–Crippen LogP) is 3.82. The molecule has 0 saturated heterocycles. The molecule has 2 rings (SSSR count). The van der Waals surface area contributed by atoms with Gasteiger partial charge in [-0.15, -0.1) is 0 Å². The molecular formula is C18H20ClNO3. The van der Waals surface area contributed by atoms with Crippen LogP contribution in [0.25, 0.3) is 0 Å². The molecule has 0 aliphatic heterocycles. The smallest absolute Gasteiger partial charge is 0.261 e. The van der Waals surface area contributed by atoms with Crippen LogP contribution in [0.5, 0.6) is 11.5 Å². The second-order valence-electron chi connectivity index (χ2n) is 4.98. The average Bonchev–Trinajstić information content (AvgIpc) is 2.54. The lowest BCUT2D eigenvalue weighted by Gasteiger charge is -2.16. The van der Waals surface area contributed by atoms with Crippen molar-refractivity contribution in [3.05, 3.63) is 59.1 Å². The van der Waals surface area contributed by atoms with Gasteiger partial charge in [0.2, 0.25) is 0 Å². The van der Waals surface area contributed by atoms with Crippen molar-refractivity contribution in [2.75, 3.05) is 6.61 Å². The minimum absolute atomic E-state index is 0.198. The summed E-state index contributed by atoms with van der Waals surface area (Å²) < 4.78 is 11.1. The van der Waals surface area contributed by atoms with E-state index in [-0.39, 0.29) is 5.91 Å². The lowest BCUT2D eigenvalue weighted by molar-refractivity contribution is -0.127. The minimum atomic E-state index is -0.618. The van der Waals surface area contributed by atoms with E-state index >= 15 is 0 Å². The van der Waals surface area contributed by atoms with E-state index in [0.29, 0.717) is 23.9 Å². The monoisotopic (exact) mass is 333 g/mol. The third-order valence-electron chi connectivity index (χ3n) is 3.20. The van der Waals surface area contributed by atoms with Gasteiger partial charge < -0.3 is 14.8 Å². The molecule has 1 N–H and O–H groups in total. The molecule has 0 unspecified atom stereocenters. The maximum Gasteiger partial charge on any atom is 0.261 e. The van der Waals surface area contributed by atoms with Crippen molar-refractivity contribution in [3.63, 3.8) is 0 Å². The van der Waals surface area contributed by atoms with Crippen LogP contribution in [0.4, 0.5) is 0 Å².